The summed E-state index contributed by atoms with van der Waals surface area (Å²) in [5, 5.41) is 9.15. The van der Waals surface area contributed by atoms with Gasteiger partial charge in [-0.1, -0.05) is 11.8 Å². The summed E-state index contributed by atoms with van der Waals surface area (Å²) in [5.41, 5.74) is 5.56. The molecule has 0 aromatic carbocycles. The molecule has 1 rings (SSSR count). The van der Waals surface area contributed by atoms with Crippen molar-refractivity contribution in [2.24, 2.45) is 5.73 Å². The smallest absolute Gasteiger partial charge is 0.191 e. The predicted molar refractivity (Wildman–Crippen MR) is 62.7 cm³/mol. The highest BCUT2D eigenvalue weighted by Crippen LogP contribution is 2.17. The van der Waals surface area contributed by atoms with Crippen molar-refractivity contribution < 1.29 is 0 Å². The van der Waals surface area contributed by atoms with Gasteiger partial charge in [-0.2, -0.15) is 11.8 Å². The van der Waals surface area contributed by atoms with Crippen molar-refractivity contribution in [2.75, 3.05) is 17.8 Å². The van der Waals surface area contributed by atoms with Crippen molar-refractivity contribution in [3.05, 3.63) is 5.82 Å². The van der Waals surface area contributed by atoms with Gasteiger partial charge in [0.2, 0.25) is 0 Å². The second-order valence-electron chi connectivity index (χ2n) is 2.69. The molecule has 14 heavy (non-hydrogen) atoms. The largest absolute Gasteiger partial charge is 0.324 e. The van der Waals surface area contributed by atoms with Crippen LogP contribution in [0.1, 0.15) is 12.7 Å². The Labute approximate surface area is 93.0 Å². The van der Waals surface area contributed by atoms with Crippen molar-refractivity contribution in [3.63, 3.8) is 0 Å². The molecular weight excluding hydrogens is 216 g/mol. The maximum Gasteiger partial charge on any atom is 0.191 e. The highest BCUT2D eigenvalue weighted by molar-refractivity contribution is 8.02. The van der Waals surface area contributed by atoms with E-state index in [-0.39, 0.29) is 0 Å². The molecule has 1 aromatic rings. The molecule has 6 heteroatoms. The lowest BCUT2D eigenvalue weighted by Gasteiger charge is -2.04. The van der Waals surface area contributed by atoms with E-state index >= 15 is 0 Å². The molecule has 0 fully saturated rings. The van der Waals surface area contributed by atoms with E-state index in [9.17, 15) is 0 Å². The summed E-state index contributed by atoms with van der Waals surface area (Å²) < 4.78 is 2.07. The van der Waals surface area contributed by atoms with Crippen LogP contribution in [0.3, 0.4) is 0 Å². The fraction of sp³-hybridized carbons (Fsp3) is 0.750. The van der Waals surface area contributed by atoms with Crippen LogP contribution in [0.2, 0.25) is 0 Å². The monoisotopic (exact) mass is 232 g/mol. The first-order valence-electron chi connectivity index (χ1n) is 4.57. The molecule has 0 aliphatic rings. The maximum atomic E-state index is 5.56. The summed E-state index contributed by atoms with van der Waals surface area (Å²) in [5.74, 6) is 3.09. The van der Waals surface area contributed by atoms with E-state index in [1.54, 1.807) is 11.8 Å². The fourth-order valence-corrected chi connectivity index (χ4v) is 2.78. The third-order valence-electron chi connectivity index (χ3n) is 1.81. The molecule has 0 spiro atoms. The van der Waals surface area contributed by atoms with Crippen LogP contribution in [0.15, 0.2) is 5.16 Å². The van der Waals surface area contributed by atoms with Gasteiger partial charge in [-0.15, -0.1) is 10.2 Å². The Morgan fingerprint density at radius 1 is 1.36 bits per heavy atom. The molecule has 80 valence electrons. The minimum atomic E-state index is 0.462. The predicted octanol–water partition coefficient (Wildman–Crippen LogP) is 1.21. The van der Waals surface area contributed by atoms with Crippen LogP contribution in [0.25, 0.3) is 0 Å². The van der Waals surface area contributed by atoms with Gasteiger partial charge in [-0.25, -0.2) is 0 Å². The van der Waals surface area contributed by atoms with Crippen LogP contribution < -0.4 is 5.73 Å². The van der Waals surface area contributed by atoms with Crippen LogP contribution in [0, 0.1) is 0 Å². The van der Waals surface area contributed by atoms with Crippen molar-refractivity contribution in [1.29, 1.82) is 0 Å². The van der Waals surface area contributed by atoms with Gasteiger partial charge >= 0.3 is 0 Å². The molecule has 1 heterocycles. The summed E-state index contributed by atoms with van der Waals surface area (Å²) in [6.07, 6.45) is 2.11. The van der Waals surface area contributed by atoms with Gasteiger partial charge in [-0.05, 0) is 13.2 Å². The van der Waals surface area contributed by atoms with E-state index in [1.807, 2.05) is 11.8 Å². The highest BCUT2D eigenvalue weighted by Gasteiger charge is 2.08. The van der Waals surface area contributed by atoms with Gasteiger partial charge in [0.25, 0.3) is 0 Å². The Balaban J connectivity index is 2.61. The first-order valence-corrected chi connectivity index (χ1v) is 6.95. The third kappa shape index (κ3) is 2.90. The van der Waals surface area contributed by atoms with Gasteiger partial charge in [0.05, 0.1) is 6.54 Å². The summed E-state index contributed by atoms with van der Waals surface area (Å²) in [7, 11) is 0. The zero-order valence-corrected chi connectivity index (χ0v) is 10.2. The molecule has 2 N–H and O–H groups in total. The Hall–Kier alpha value is -0.200. The minimum Gasteiger partial charge on any atom is -0.324 e. The van der Waals surface area contributed by atoms with Gasteiger partial charge in [0, 0.05) is 18.1 Å². The van der Waals surface area contributed by atoms with Crippen molar-refractivity contribution in [1.82, 2.24) is 14.8 Å². The molecule has 1 aromatic heterocycles. The first-order chi connectivity index (χ1) is 6.83. The van der Waals surface area contributed by atoms with Gasteiger partial charge < -0.3 is 10.3 Å². The number of nitrogens with zero attached hydrogens (tertiary/aromatic N) is 3. The normalized spacial score (nSPS) is 10.8. The summed E-state index contributed by atoms with van der Waals surface area (Å²) >= 11 is 3.59. The van der Waals surface area contributed by atoms with E-state index in [0.29, 0.717) is 6.54 Å². The third-order valence-corrected chi connectivity index (χ3v) is 3.65. The van der Waals surface area contributed by atoms with Crippen LogP contribution >= 0.6 is 23.5 Å². The molecule has 0 saturated heterocycles. The number of rotatable bonds is 6. The molecule has 0 aliphatic carbocycles. The van der Waals surface area contributed by atoms with Crippen molar-refractivity contribution >= 4 is 23.5 Å². The van der Waals surface area contributed by atoms with E-state index in [1.165, 1.54) is 0 Å². The highest BCUT2D eigenvalue weighted by atomic mass is 32.2. The van der Waals surface area contributed by atoms with Crippen LogP contribution in [-0.2, 0) is 13.1 Å². The number of thioether (sulfide) groups is 2. The first kappa shape index (κ1) is 11.9. The molecule has 0 radical (unpaired) electrons. The molecule has 0 aliphatic heterocycles. The molecule has 0 amide bonds. The second kappa shape index (κ2) is 6.31. The summed E-state index contributed by atoms with van der Waals surface area (Å²) in [4.78, 5) is 0. The average Bonchev–Trinajstić information content (AvgIpc) is 2.60. The Kier molecular flexibility index (Phi) is 5.36. The molecule has 0 unspecified atom stereocenters. The Bertz CT molecular complexity index is 274. The molecule has 0 saturated carbocycles. The lowest BCUT2D eigenvalue weighted by atomic mass is 10.6. The van der Waals surface area contributed by atoms with Crippen molar-refractivity contribution in [3.8, 4) is 0 Å². The van der Waals surface area contributed by atoms with E-state index in [0.717, 1.165) is 29.0 Å². The minimum absolute atomic E-state index is 0.462. The number of aromatic nitrogens is 3. The second-order valence-corrected chi connectivity index (χ2v) is 4.74. The number of hydrogen-bond acceptors (Lipinski definition) is 5. The zero-order chi connectivity index (χ0) is 10.4. The number of hydrogen-bond donors (Lipinski definition) is 1. The lowest BCUT2D eigenvalue weighted by Crippen LogP contribution is -2.08. The standard InChI is InChI=1S/C8H16N4S2/c1-3-12-7(6-9)10-11-8(12)14-5-4-13-2/h3-6,9H2,1-2H3. The summed E-state index contributed by atoms with van der Waals surface area (Å²) in [6.45, 7) is 3.44. The Morgan fingerprint density at radius 2 is 2.14 bits per heavy atom. The Morgan fingerprint density at radius 3 is 2.71 bits per heavy atom. The fourth-order valence-electron chi connectivity index (χ4n) is 1.11. The summed E-state index contributed by atoms with van der Waals surface area (Å²) in [6, 6.07) is 0. The van der Waals surface area contributed by atoms with E-state index in [2.05, 4.69) is 27.9 Å². The van der Waals surface area contributed by atoms with E-state index in [4.69, 9.17) is 5.73 Å². The molecule has 0 atom stereocenters. The quantitative estimate of drug-likeness (QED) is 0.590. The maximum absolute atomic E-state index is 5.56. The van der Waals surface area contributed by atoms with E-state index < -0.39 is 0 Å². The molecule has 0 bridgehead atoms. The zero-order valence-electron chi connectivity index (χ0n) is 8.56. The van der Waals surface area contributed by atoms with Gasteiger partial charge in [0.15, 0.2) is 5.16 Å². The van der Waals surface area contributed by atoms with Gasteiger partial charge in [0.1, 0.15) is 5.82 Å². The average molecular weight is 232 g/mol. The number of nitrogens with two attached hydrogens (primary N) is 1. The van der Waals surface area contributed by atoms with Crippen LogP contribution in [-0.4, -0.2) is 32.5 Å². The molecule has 4 nitrogen and oxygen atoms in total. The van der Waals surface area contributed by atoms with Crippen molar-refractivity contribution in [2.45, 2.75) is 25.2 Å². The molecular formula is C8H16N4S2. The topological polar surface area (TPSA) is 56.7 Å². The lowest BCUT2D eigenvalue weighted by molar-refractivity contribution is 0.643. The van der Waals surface area contributed by atoms with Crippen LogP contribution in [0.4, 0.5) is 0 Å². The SMILES string of the molecule is CCn1c(CN)nnc1SCCSC. The van der Waals surface area contributed by atoms with Crippen LogP contribution in [0.5, 0.6) is 0 Å². The van der Waals surface area contributed by atoms with Gasteiger partial charge in [-0.3, -0.25) is 0 Å².